The van der Waals surface area contributed by atoms with E-state index < -0.39 is 0 Å². The summed E-state index contributed by atoms with van der Waals surface area (Å²) in [6.45, 7) is 5.76. The van der Waals surface area contributed by atoms with Crippen LogP contribution in [-0.2, 0) is 0 Å². The van der Waals surface area contributed by atoms with Crippen molar-refractivity contribution in [3.8, 4) is 22.8 Å². The molecule has 0 bridgehead atoms. The highest BCUT2D eigenvalue weighted by Gasteiger charge is 2.25. The smallest absolute Gasteiger partial charge is 0.273 e. The van der Waals surface area contributed by atoms with E-state index in [1.165, 1.54) is 24.0 Å². The van der Waals surface area contributed by atoms with E-state index in [9.17, 15) is 4.79 Å². The van der Waals surface area contributed by atoms with Gasteiger partial charge in [0.15, 0.2) is 23.0 Å². The van der Waals surface area contributed by atoms with Crippen LogP contribution >= 0.6 is 0 Å². The molecule has 166 valence electrons. The number of amides is 1. The quantitative estimate of drug-likeness (QED) is 0.634. The molecule has 2 aliphatic heterocycles. The summed E-state index contributed by atoms with van der Waals surface area (Å²) in [6.07, 6.45) is 2.39. The van der Waals surface area contributed by atoms with Crippen LogP contribution in [0.2, 0.25) is 0 Å². The first-order valence-electron chi connectivity index (χ1n) is 11.1. The molecule has 0 unspecified atom stereocenters. The van der Waals surface area contributed by atoms with Gasteiger partial charge in [-0.15, -0.1) is 0 Å². The van der Waals surface area contributed by atoms with Crippen molar-refractivity contribution in [2.75, 3.05) is 32.8 Å². The van der Waals surface area contributed by atoms with E-state index in [4.69, 9.17) is 14.0 Å². The molecule has 0 spiro atoms. The van der Waals surface area contributed by atoms with Gasteiger partial charge in [-0.25, -0.2) is 0 Å². The van der Waals surface area contributed by atoms with Crippen molar-refractivity contribution in [2.45, 2.75) is 25.8 Å². The third kappa shape index (κ3) is 4.34. The highest BCUT2D eigenvalue weighted by molar-refractivity contribution is 5.93. The number of carbonyl (C=O) groups excluding carboxylic acids is 1. The Balaban J connectivity index is 1.28. The van der Waals surface area contributed by atoms with Gasteiger partial charge in [0.25, 0.3) is 5.91 Å². The molecular weight excluding hydrogens is 406 g/mol. The molecule has 1 fully saturated rings. The molecule has 1 atom stereocenters. The monoisotopic (exact) mass is 433 g/mol. The lowest BCUT2D eigenvalue weighted by molar-refractivity contribution is 0.0929. The molecular formula is C25H27N3O4. The molecule has 3 heterocycles. The van der Waals surface area contributed by atoms with Crippen molar-refractivity contribution < 1.29 is 18.8 Å². The van der Waals surface area contributed by atoms with Crippen LogP contribution in [0.15, 0.2) is 53.1 Å². The van der Waals surface area contributed by atoms with Gasteiger partial charge in [-0.1, -0.05) is 35.0 Å². The second kappa shape index (κ2) is 9.04. The molecule has 32 heavy (non-hydrogen) atoms. The number of ether oxygens (including phenoxy) is 2. The molecule has 7 nitrogen and oxygen atoms in total. The van der Waals surface area contributed by atoms with Gasteiger partial charge in [0.1, 0.15) is 13.2 Å². The third-order valence-electron chi connectivity index (χ3n) is 6.07. The predicted molar refractivity (Wildman–Crippen MR) is 120 cm³/mol. The molecule has 5 rings (SSSR count). The van der Waals surface area contributed by atoms with E-state index in [-0.39, 0.29) is 17.6 Å². The Kier molecular flexibility index (Phi) is 5.81. The highest BCUT2D eigenvalue weighted by Crippen LogP contribution is 2.34. The molecule has 1 amide bonds. The minimum Gasteiger partial charge on any atom is -0.486 e. The molecule has 1 N–H and O–H groups in total. The lowest BCUT2D eigenvalue weighted by atomic mass is 10.0. The summed E-state index contributed by atoms with van der Waals surface area (Å²) >= 11 is 0. The summed E-state index contributed by atoms with van der Waals surface area (Å²) in [4.78, 5) is 15.3. The lowest BCUT2D eigenvalue weighted by Crippen LogP contribution is -2.36. The first kappa shape index (κ1) is 20.6. The van der Waals surface area contributed by atoms with Crippen molar-refractivity contribution in [1.29, 1.82) is 0 Å². The van der Waals surface area contributed by atoms with Crippen LogP contribution in [0.4, 0.5) is 0 Å². The van der Waals surface area contributed by atoms with E-state index in [0.717, 1.165) is 18.7 Å². The molecule has 0 radical (unpaired) electrons. The Morgan fingerprint density at radius 3 is 2.56 bits per heavy atom. The van der Waals surface area contributed by atoms with Gasteiger partial charge in [0.2, 0.25) is 0 Å². The van der Waals surface area contributed by atoms with Gasteiger partial charge in [-0.3, -0.25) is 9.69 Å². The number of carbonyl (C=O) groups is 1. The Labute approximate surface area is 187 Å². The van der Waals surface area contributed by atoms with Crippen molar-refractivity contribution in [1.82, 2.24) is 15.4 Å². The van der Waals surface area contributed by atoms with E-state index >= 15 is 0 Å². The Bertz CT molecular complexity index is 1090. The first-order valence-corrected chi connectivity index (χ1v) is 11.1. The fourth-order valence-electron chi connectivity index (χ4n) is 4.29. The van der Waals surface area contributed by atoms with Crippen LogP contribution in [-0.4, -0.2) is 48.8 Å². The minimum atomic E-state index is -0.242. The number of nitrogens with one attached hydrogen (secondary N) is 1. The SMILES string of the molecule is Cc1ccc([C@H](CNC(=O)c2cc(-c3ccc4c(c3)OCCO4)on2)N2CCCC2)cc1. The van der Waals surface area contributed by atoms with Crippen molar-refractivity contribution in [2.24, 2.45) is 0 Å². The number of hydrogen-bond acceptors (Lipinski definition) is 6. The van der Waals surface area contributed by atoms with Crippen LogP contribution in [0.5, 0.6) is 11.5 Å². The van der Waals surface area contributed by atoms with Gasteiger partial charge >= 0.3 is 0 Å². The molecule has 0 saturated carbocycles. The first-order chi connectivity index (χ1) is 15.7. The van der Waals surface area contributed by atoms with E-state index in [1.54, 1.807) is 6.07 Å². The number of benzene rings is 2. The number of aromatic nitrogens is 1. The average Bonchev–Trinajstić information content (AvgIpc) is 3.53. The largest absolute Gasteiger partial charge is 0.486 e. The number of rotatable bonds is 6. The average molecular weight is 434 g/mol. The number of nitrogens with zero attached hydrogens (tertiary/aromatic N) is 2. The zero-order chi connectivity index (χ0) is 21.9. The van der Waals surface area contributed by atoms with Crippen LogP contribution < -0.4 is 14.8 Å². The second-order valence-corrected chi connectivity index (χ2v) is 8.31. The number of aryl methyl sites for hydroxylation is 1. The topological polar surface area (TPSA) is 76.8 Å². The van der Waals surface area contributed by atoms with Crippen molar-refractivity contribution >= 4 is 5.91 Å². The predicted octanol–water partition coefficient (Wildman–Crippen LogP) is 3.99. The second-order valence-electron chi connectivity index (χ2n) is 8.31. The summed E-state index contributed by atoms with van der Waals surface area (Å²) in [5, 5.41) is 7.05. The maximum Gasteiger partial charge on any atom is 0.273 e. The fraction of sp³-hybridized carbons (Fsp3) is 0.360. The van der Waals surface area contributed by atoms with Crippen LogP contribution in [0, 0.1) is 6.92 Å². The van der Waals surface area contributed by atoms with Crippen molar-refractivity contribution in [3.05, 3.63) is 65.4 Å². The summed E-state index contributed by atoms with van der Waals surface area (Å²) in [6, 6.07) is 15.9. The summed E-state index contributed by atoms with van der Waals surface area (Å²) in [5.41, 5.74) is 3.50. The van der Waals surface area contributed by atoms with Crippen molar-refractivity contribution in [3.63, 3.8) is 0 Å². The van der Waals surface area contributed by atoms with Gasteiger partial charge < -0.3 is 19.3 Å². The normalized spacial score (nSPS) is 16.7. The minimum absolute atomic E-state index is 0.145. The number of likely N-dealkylation sites (tertiary alicyclic amines) is 1. The molecule has 2 aliphatic rings. The fourth-order valence-corrected chi connectivity index (χ4v) is 4.29. The molecule has 7 heteroatoms. The Morgan fingerprint density at radius 1 is 1.03 bits per heavy atom. The van der Waals surface area contributed by atoms with E-state index in [1.807, 2.05) is 18.2 Å². The molecule has 2 aromatic carbocycles. The zero-order valence-corrected chi connectivity index (χ0v) is 18.2. The van der Waals surface area contributed by atoms with Crippen LogP contribution in [0.3, 0.4) is 0 Å². The molecule has 1 aromatic heterocycles. The van der Waals surface area contributed by atoms with Gasteiger partial charge in [0, 0.05) is 18.2 Å². The molecule has 1 saturated heterocycles. The maximum absolute atomic E-state index is 12.8. The van der Waals surface area contributed by atoms with Gasteiger partial charge in [-0.2, -0.15) is 0 Å². The van der Waals surface area contributed by atoms with Crippen LogP contribution in [0.25, 0.3) is 11.3 Å². The molecule has 3 aromatic rings. The highest BCUT2D eigenvalue weighted by atomic mass is 16.6. The lowest BCUT2D eigenvalue weighted by Gasteiger charge is -2.28. The third-order valence-corrected chi connectivity index (χ3v) is 6.07. The van der Waals surface area contributed by atoms with Gasteiger partial charge in [0.05, 0.1) is 6.04 Å². The standard InChI is InChI=1S/C25H27N3O4/c1-17-4-6-18(7-5-17)21(28-10-2-3-11-28)16-26-25(29)20-15-23(32-27-20)19-8-9-22-24(14-19)31-13-12-30-22/h4-9,14-15,21H,2-3,10-13,16H2,1H3,(H,26,29)/t21-/m0/s1. The van der Waals surface area contributed by atoms with E-state index in [2.05, 4.69) is 46.6 Å². The number of fused-ring (bicyclic) bond motifs is 1. The Morgan fingerprint density at radius 2 is 1.78 bits per heavy atom. The number of hydrogen-bond donors (Lipinski definition) is 1. The maximum atomic E-state index is 12.8. The molecule has 0 aliphatic carbocycles. The Hall–Kier alpha value is -3.32. The summed E-state index contributed by atoms with van der Waals surface area (Å²) < 4.78 is 16.6. The zero-order valence-electron chi connectivity index (χ0n) is 18.2. The van der Waals surface area contributed by atoms with Gasteiger partial charge in [-0.05, 0) is 56.6 Å². The summed E-state index contributed by atoms with van der Waals surface area (Å²) in [5.74, 6) is 1.65. The summed E-state index contributed by atoms with van der Waals surface area (Å²) in [7, 11) is 0. The van der Waals surface area contributed by atoms with Crippen LogP contribution in [0.1, 0.15) is 40.5 Å². The van der Waals surface area contributed by atoms with E-state index in [0.29, 0.717) is 37.0 Å².